The molecule has 0 spiro atoms. The van der Waals surface area contributed by atoms with Crippen molar-refractivity contribution in [2.75, 3.05) is 36.5 Å². The van der Waals surface area contributed by atoms with Gasteiger partial charge in [0, 0.05) is 24.9 Å². The fraction of sp³-hybridized carbons (Fsp3) is 0.588. The van der Waals surface area contributed by atoms with Gasteiger partial charge in [-0.1, -0.05) is 18.2 Å². The summed E-state index contributed by atoms with van der Waals surface area (Å²) >= 11 is 0. The van der Waals surface area contributed by atoms with Crippen molar-refractivity contribution in [3.05, 3.63) is 30.3 Å². The molecule has 0 bridgehead atoms. The number of amides is 1. The molecule has 24 heavy (non-hydrogen) atoms. The summed E-state index contributed by atoms with van der Waals surface area (Å²) < 4.78 is 29.3. The van der Waals surface area contributed by atoms with Gasteiger partial charge in [0.2, 0.25) is 5.91 Å². The Morgan fingerprint density at radius 3 is 2.67 bits per heavy atom. The number of para-hydroxylation sites is 1. The number of anilines is 1. The molecule has 1 amide bonds. The van der Waals surface area contributed by atoms with Gasteiger partial charge in [0.05, 0.1) is 24.2 Å². The summed E-state index contributed by atoms with van der Waals surface area (Å²) in [5, 5.41) is 2.87. The molecule has 6 nitrogen and oxygen atoms in total. The van der Waals surface area contributed by atoms with E-state index in [1.54, 1.807) is 0 Å². The van der Waals surface area contributed by atoms with Gasteiger partial charge < -0.3 is 10.1 Å². The van der Waals surface area contributed by atoms with Crippen molar-refractivity contribution in [2.24, 2.45) is 0 Å². The average molecular weight is 352 g/mol. The molecule has 2 heterocycles. The summed E-state index contributed by atoms with van der Waals surface area (Å²) in [4.78, 5) is 14.4. The predicted octanol–water partition coefficient (Wildman–Crippen LogP) is 1.29. The molecule has 3 rings (SSSR count). The van der Waals surface area contributed by atoms with Crippen LogP contribution < -0.4 is 5.32 Å². The number of rotatable bonds is 6. The lowest BCUT2D eigenvalue weighted by molar-refractivity contribution is -0.118. The summed E-state index contributed by atoms with van der Waals surface area (Å²) in [6, 6.07) is 9.20. The van der Waals surface area contributed by atoms with Gasteiger partial charge >= 0.3 is 0 Å². The predicted molar refractivity (Wildman–Crippen MR) is 92.7 cm³/mol. The lowest BCUT2D eigenvalue weighted by Crippen LogP contribution is -2.45. The zero-order valence-corrected chi connectivity index (χ0v) is 14.5. The minimum atomic E-state index is -2.98. The maximum atomic E-state index is 12.4. The number of ether oxygens (including phenoxy) is 1. The van der Waals surface area contributed by atoms with Crippen LogP contribution in [-0.2, 0) is 19.4 Å². The zero-order chi connectivity index (χ0) is 17.0. The molecule has 1 aromatic rings. The van der Waals surface area contributed by atoms with E-state index in [0.29, 0.717) is 13.0 Å². The van der Waals surface area contributed by atoms with Crippen LogP contribution in [0.5, 0.6) is 0 Å². The minimum absolute atomic E-state index is 0.0952. The smallest absolute Gasteiger partial charge is 0.238 e. The Balaban J connectivity index is 1.63. The second-order valence-corrected chi connectivity index (χ2v) is 8.76. The lowest BCUT2D eigenvalue weighted by atomic mass is 10.1. The Morgan fingerprint density at radius 2 is 2.04 bits per heavy atom. The first-order valence-corrected chi connectivity index (χ1v) is 10.2. The summed E-state index contributed by atoms with van der Waals surface area (Å²) in [5.74, 6) is 0.224. The van der Waals surface area contributed by atoms with Crippen LogP contribution in [0.15, 0.2) is 30.3 Å². The number of carbonyl (C=O) groups excluding carboxylic acids is 1. The van der Waals surface area contributed by atoms with Crippen LogP contribution in [0.2, 0.25) is 0 Å². The van der Waals surface area contributed by atoms with Gasteiger partial charge in [-0.3, -0.25) is 9.69 Å². The van der Waals surface area contributed by atoms with Gasteiger partial charge in [-0.05, 0) is 31.4 Å². The van der Waals surface area contributed by atoms with E-state index in [4.69, 9.17) is 4.74 Å². The first-order chi connectivity index (χ1) is 11.5. The monoisotopic (exact) mass is 352 g/mol. The molecular formula is C17H24N2O4S. The standard InChI is InChI=1S/C17H24N2O4S/c20-17(18-14-5-2-1-3-6-14)12-19(11-16-7-4-9-23-16)15-8-10-24(21,22)13-15/h1-3,5-6,15-16H,4,7-13H2,(H,18,20). The topological polar surface area (TPSA) is 75.7 Å². The fourth-order valence-corrected chi connectivity index (χ4v) is 5.12. The van der Waals surface area contributed by atoms with Crippen molar-refractivity contribution in [3.63, 3.8) is 0 Å². The summed E-state index contributed by atoms with van der Waals surface area (Å²) in [7, 11) is -2.98. The van der Waals surface area contributed by atoms with E-state index < -0.39 is 9.84 Å². The third kappa shape index (κ3) is 4.78. The van der Waals surface area contributed by atoms with E-state index >= 15 is 0 Å². The van der Waals surface area contributed by atoms with E-state index in [2.05, 4.69) is 5.32 Å². The van der Waals surface area contributed by atoms with Gasteiger partial charge in [-0.15, -0.1) is 0 Å². The highest BCUT2D eigenvalue weighted by Crippen LogP contribution is 2.21. The van der Waals surface area contributed by atoms with E-state index in [1.165, 1.54) is 0 Å². The Hall–Kier alpha value is -1.44. The molecule has 1 N–H and O–H groups in total. The van der Waals surface area contributed by atoms with Crippen LogP contribution in [0.25, 0.3) is 0 Å². The number of nitrogens with zero attached hydrogens (tertiary/aromatic N) is 1. The van der Waals surface area contributed by atoms with Crippen molar-refractivity contribution in [3.8, 4) is 0 Å². The van der Waals surface area contributed by atoms with Crippen LogP contribution >= 0.6 is 0 Å². The fourth-order valence-electron chi connectivity index (χ4n) is 3.36. The minimum Gasteiger partial charge on any atom is -0.377 e. The Kier molecular flexibility index (Phi) is 5.53. The zero-order valence-electron chi connectivity index (χ0n) is 13.7. The van der Waals surface area contributed by atoms with Gasteiger partial charge in [0.15, 0.2) is 9.84 Å². The molecule has 2 aliphatic rings. The highest BCUT2D eigenvalue weighted by atomic mass is 32.2. The number of hydrogen-bond acceptors (Lipinski definition) is 5. The molecule has 0 saturated carbocycles. The highest BCUT2D eigenvalue weighted by Gasteiger charge is 2.34. The van der Waals surface area contributed by atoms with E-state index in [0.717, 1.165) is 25.1 Å². The van der Waals surface area contributed by atoms with Gasteiger partial charge in [-0.2, -0.15) is 0 Å². The van der Waals surface area contributed by atoms with Crippen molar-refractivity contribution in [2.45, 2.75) is 31.4 Å². The third-order valence-electron chi connectivity index (χ3n) is 4.59. The molecule has 2 fully saturated rings. The maximum absolute atomic E-state index is 12.4. The molecule has 2 unspecified atom stereocenters. The van der Waals surface area contributed by atoms with Gasteiger partial charge in [0.25, 0.3) is 0 Å². The van der Waals surface area contributed by atoms with E-state index in [1.807, 2.05) is 35.2 Å². The molecule has 2 atom stereocenters. The molecule has 0 aromatic heterocycles. The molecular weight excluding hydrogens is 328 g/mol. The lowest BCUT2D eigenvalue weighted by Gasteiger charge is -2.29. The first kappa shape index (κ1) is 17.4. The Labute approximate surface area is 143 Å². The molecule has 0 aliphatic carbocycles. The van der Waals surface area contributed by atoms with Gasteiger partial charge in [0.1, 0.15) is 0 Å². The molecule has 1 aromatic carbocycles. The van der Waals surface area contributed by atoms with Crippen LogP contribution in [0.4, 0.5) is 5.69 Å². The van der Waals surface area contributed by atoms with Crippen molar-refractivity contribution in [1.82, 2.24) is 4.90 Å². The highest BCUT2D eigenvalue weighted by molar-refractivity contribution is 7.91. The third-order valence-corrected chi connectivity index (χ3v) is 6.34. The maximum Gasteiger partial charge on any atom is 0.238 e. The molecule has 2 aliphatic heterocycles. The van der Waals surface area contributed by atoms with Crippen molar-refractivity contribution in [1.29, 1.82) is 0 Å². The SMILES string of the molecule is O=C(CN(CC1CCCO1)C1CCS(=O)(=O)C1)Nc1ccccc1. The van der Waals surface area contributed by atoms with E-state index in [-0.39, 0.29) is 36.1 Å². The van der Waals surface area contributed by atoms with Crippen LogP contribution in [0, 0.1) is 0 Å². The summed E-state index contributed by atoms with van der Waals surface area (Å²) in [6.07, 6.45) is 2.68. The normalized spacial score (nSPS) is 25.9. The number of sulfone groups is 1. The van der Waals surface area contributed by atoms with Crippen LogP contribution in [0.3, 0.4) is 0 Å². The van der Waals surface area contributed by atoms with Crippen molar-refractivity contribution < 1.29 is 17.9 Å². The quantitative estimate of drug-likeness (QED) is 0.835. The Morgan fingerprint density at radius 1 is 1.25 bits per heavy atom. The number of hydrogen-bond donors (Lipinski definition) is 1. The molecule has 0 radical (unpaired) electrons. The Bertz CT molecular complexity index is 656. The molecule has 7 heteroatoms. The summed E-state index contributed by atoms with van der Waals surface area (Å²) in [5.41, 5.74) is 0.749. The number of carbonyl (C=O) groups is 1. The van der Waals surface area contributed by atoms with Crippen molar-refractivity contribution >= 4 is 21.4 Å². The molecule has 132 valence electrons. The largest absolute Gasteiger partial charge is 0.377 e. The molecule has 2 saturated heterocycles. The number of benzene rings is 1. The number of nitrogens with one attached hydrogen (secondary N) is 1. The van der Waals surface area contributed by atoms with Crippen LogP contribution in [-0.4, -0.2) is 62.6 Å². The second kappa shape index (κ2) is 7.63. The van der Waals surface area contributed by atoms with Crippen LogP contribution in [0.1, 0.15) is 19.3 Å². The summed E-state index contributed by atoms with van der Waals surface area (Å²) in [6.45, 7) is 1.55. The van der Waals surface area contributed by atoms with Gasteiger partial charge in [-0.25, -0.2) is 8.42 Å². The first-order valence-electron chi connectivity index (χ1n) is 8.43. The second-order valence-electron chi connectivity index (χ2n) is 6.54. The average Bonchev–Trinajstić information content (AvgIpc) is 3.17. The van der Waals surface area contributed by atoms with E-state index in [9.17, 15) is 13.2 Å².